The van der Waals surface area contributed by atoms with Gasteiger partial charge in [0.15, 0.2) is 16.7 Å². The third kappa shape index (κ3) is 4.90. The van der Waals surface area contributed by atoms with Crippen LogP contribution in [0.4, 0.5) is 10.1 Å². The number of furan rings is 1. The molecule has 142 valence electrons. The van der Waals surface area contributed by atoms with E-state index in [0.717, 1.165) is 6.07 Å². The molecule has 0 spiro atoms. The summed E-state index contributed by atoms with van der Waals surface area (Å²) >= 11 is 6.95. The molecule has 3 rings (SSSR count). The van der Waals surface area contributed by atoms with Crippen molar-refractivity contribution in [2.45, 2.75) is 25.5 Å². The molecule has 0 aliphatic heterocycles. The Labute approximate surface area is 165 Å². The summed E-state index contributed by atoms with van der Waals surface area (Å²) in [4.78, 5) is 12.2. The summed E-state index contributed by atoms with van der Waals surface area (Å²) in [5, 5.41) is 11.8. The highest BCUT2D eigenvalue weighted by atomic mass is 35.5. The Morgan fingerprint density at radius 1 is 1.37 bits per heavy atom. The summed E-state index contributed by atoms with van der Waals surface area (Å²) in [6, 6.07) is 7.69. The molecule has 1 aromatic carbocycles. The van der Waals surface area contributed by atoms with Crippen molar-refractivity contribution in [1.82, 2.24) is 14.8 Å². The summed E-state index contributed by atoms with van der Waals surface area (Å²) in [7, 11) is 0. The maximum atomic E-state index is 13.8. The zero-order valence-corrected chi connectivity index (χ0v) is 16.4. The molecule has 9 heteroatoms. The molecule has 0 aliphatic carbocycles. The maximum absolute atomic E-state index is 13.8. The number of thioether (sulfide) groups is 1. The summed E-state index contributed by atoms with van der Waals surface area (Å²) in [6.45, 7) is 4.84. The first-order chi connectivity index (χ1) is 12.9. The zero-order chi connectivity index (χ0) is 19.4. The monoisotopic (exact) mass is 408 g/mol. The fourth-order valence-electron chi connectivity index (χ4n) is 2.42. The van der Waals surface area contributed by atoms with Gasteiger partial charge in [-0.25, -0.2) is 4.39 Å². The van der Waals surface area contributed by atoms with Crippen LogP contribution in [0, 0.1) is 11.7 Å². The van der Waals surface area contributed by atoms with Crippen LogP contribution in [-0.2, 0) is 11.3 Å². The van der Waals surface area contributed by atoms with Crippen LogP contribution in [0.15, 0.2) is 46.2 Å². The number of halogens is 2. The molecule has 1 N–H and O–H groups in total. The van der Waals surface area contributed by atoms with Crippen molar-refractivity contribution >= 4 is 35.0 Å². The molecule has 0 bridgehead atoms. The Hall–Kier alpha value is -2.32. The Kier molecular flexibility index (Phi) is 6.18. The van der Waals surface area contributed by atoms with E-state index in [0.29, 0.717) is 29.2 Å². The van der Waals surface area contributed by atoms with Crippen LogP contribution in [0.2, 0.25) is 5.02 Å². The molecule has 0 saturated carbocycles. The topological polar surface area (TPSA) is 73.0 Å². The van der Waals surface area contributed by atoms with Crippen molar-refractivity contribution in [3.8, 4) is 11.6 Å². The van der Waals surface area contributed by atoms with E-state index in [1.165, 1.54) is 23.9 Å². The van der Waals surface area contributed by atoms with Crippen LogP contribution >= 0.6 is 23.4 Å². The summed E-state index contributed by atoms with van der Waals surface area (Å²) < 4.78 is 21.1. The van der Waals surface area contributed by atoms with E-state index in [2.05, 4.69) is 29.4 Å². The molecule has 27 heavy (non-hydrogen) atoms. The molecule has 0 unspecified atom stereocenters. The van der Waals surface area contributed by atoms with E-state index in [1.54, 1.807) is 12.3 Å². The van der Waals surface area contributed by atoms with E-state index in [1.807, 2.05) is 10.6 Å². The number of amides is 1. The minimum absolute atomic E-state index is 0.0659. The molecule has 0 aliphatic rings. The number of carbonyl (C=O) groups excluding carboxylic acids is 1. The van der Waals surface area contributed by atoms with E-state index in [-0.39, 0.29) is 22.4 Å². The molecule has 0 saturated heterocycles. The number of nitrogens with zero attached hydrogens (tertiary/aromatic N) is 3. The molecule has 2 heterocycles. The fourth-order valence-corrected chi connectivity index (χ4v) is 3.33. The number of nitrogens with one attached hydrogen (secondary N) is 1. The highest BCUT2D eigenvalue weighted by molar-refractivity contribution is 7.99. The van der Waals surface area contributed by atoms with Gasteiger partial charge in [-0.15, -0.1) is 10.2 Å². The third-order valence-corrected chi connectivity index (χ3v) is 4.75. The van der Waals surface area contributed by atoms with Gasteiger partial charge in [0.05, 0.1) is 17.7 Å². The van der Waals surface area contributed by atoms with Gasteiger partial charge in [0.1, 0.15) is 5.82 Å². The average molecular weight is 409 g/mol. The number of carbonyl (C=O) groups is 1. The van der Waals surface area contributed by atoms with Gasteiger partial charge in [0, 0.05) is 11.6 Å². The molecule has 0 atom stereocenters. The summed E-state index contributed by atoms with van der Waals surface area (Å²) in [5.74, 6) is 0.717. The van der Waals surface area contributed by atoms with E-state index in [9.17, 15) is 9.18 Å². The molecular formula is C18H18ClFN4O2S. The summed E-state index contributed by atoms with van der Waals surface area (Å²) in [5.41, 5.74) is 0.0879. The lowest BCUT2D eigenvalue weighted by Gasteiger charge is -2.11. The lowest BCUT2D eigenvalue weighted by molar-refractivity contribution is -0.113. The Morgan fingerprint density at radius 2 is 2.19 bits per heavy atom. The smallest absolute Gasteiger partial charge is 0.234 e. The number of anilines is 1. The SMILES string of the molecule is CC(C)Cn1c(SCC(=O)Nc2ccc(Cl)cc2F)nnc1-c1ccco1. The second kappa shape index (κ2) is 8.58. The van der Waals surface area contributed by atoms with E-state index in [4.69, 9.17) is 16.0 Å². The van der Waals surface area contributed by atoms with Crippen LogP contribution in [0.1, 0.15) is 13.8 Å². The van der Waals surface area contributed by atoms with Crippen molar-refractivity contribution < 1.29 is 13.6 Å². The Bertz CT molecular complexity index is 928. The molecule has 0 fully saturated rings. The molecule has 1 amide bonds. The lowest BCUT2D eigenvalue weighted by Crippen LogP contribution is -2.16. The largest absolute Gasteiger partial charge is 0.461 e. The van der Waals surface area contributed by atoms with Gasteiger partial charge in [-0.05, 0) is 36.2 Å². The van der Waals surface area contributed by atoms with Crippen LogP contribution in [0.5, 0.6) is 0 Å². The highest BCUT2D eigenvalue weighted by Crippen LogP contribution is 2.26. The third-order valence-electron chi connectivity index (χ3n) is 3.54. The molecule has 3 aromatic rings. The van der Waals surface area contributed by atoms with Gasteiger partial charge in [0.25, 0.3) is 0 Å². The average Bonchev–Trinajstić information content (AvgIpc) is 3.25. The molecule has 0 radical (unpaired) electrons. The Morgan fingerprint density at radius 3 is 2.85 bits per heavy atom. The quantitative estimate of drug-likeness (QED) is 0.573. The number of aromatic nitrogens is 3. The number of benzene rings is 1. The Balaban J connectivity index is 1.70. The first-order valence-corrected chi connectivity index (χ1v) is 9.65. The van der Waals surface area contributed by atoms with Gasteiger partial charge in [-0.3, -0.25) is 9.36 Å². The van der Waals surface area contributed by atoms with Crippen LogP contribution in [-0.4, -0.2) is 26.4 Å². The normalized spacial score (nSPS) is 11.1. The first kappa shape index (κ1) is 19.4. The van der Waals surface area contributed by atoms with Gasteiger partial charge in [-0.2, -0.15) is 0 Å². The standard InChI is InChI=1S/C18H18ClFN4O2S/c1-11(2)9-24-17(15-4-3-7-26-15)22-23-18(24)27-10-16(25)21-14-6-5-12(19)8-13(14)20/h3-8,11H,9-10H2,1-2H3,(H,21,25). The highest BCUT2D eigenvalue weighted by Gasteiger charge is 2.18. The van der Waals surface area contributed by atoms with Crippen molar-refractivity contribution in [1.29, 1.82) is 0 Å². The van der Waals surface area contributed by atoms with Crippen molar-refractivity contribution in [3.63, 3.8) is 0 Å². The minimum Gasteiger partial charge on any atom is -0.461 e. The van der Waals surface area contributed by atoms with Crippen molar-refractivity contribution in [3.05, 3.63) is 47.4 Å². The molecule has 6 nitrogen and oxygen atoms in total. The predicted molar refractivity (Wildman–Crippen MR) is 103 cm³/mol. The van der Waals surface area contributed by atoms with Gasteiger partial charge < -0.3 is 9.73 Å². The zero-order valence-electron chi connectivity index (χ0n) is 14.8. The predicted octanol–water partition coefficient (Wildman–Crippen LogP) is 4.72. The number of hydrogen-bond acceptors (Lipinski definition) is 5. The van der Waals surface area contributed by atoms with Crippen LogP contribution in [0.3, 0.4) is 0 Å². The van der Waals surface area contributed by atoms with E-state index < -0.39 is 5.82 Å². The second-order valence-electron chi connectivity index (χ2n) is 6.25. The van der Waals surface area contributed by atoms with Crippen molar-refractivity contribution in [2.24, 2.45) is 5.92 Å². The van der Waals surface area contributed by atoms with Gasteiger partial charge >= 0.3 is 0 Å². The lowest BCUT2D eigenvalue weighted by atomic mass is 10.2. The first-order valence-electron chi connectivity index (χ1n) is 8.29. The van der Waals surface area contributed by atoms with Crippen LogP contribution in [0.25, 0.3) is 11.6 Å². The van der Waals surface area contributed by atoms with Crippen molar-refractivity contribution in [2.75, 3.05) is 11.1 Å². The number of rotatable bonds is 7. The molecule has 2 aromatic heterocycles. The van der Waals surface area contributed by atoms with E-state index >= 15 is 0 Å². The molecular weight excluding hydrogens is 391 g/mol. The maximum Gasteiger partial charge on any atom is 0.234 e. The second-order valence-corrected chi connectivity index (χ2v) is 7.63. The van der Waals surface area contributed by atoms with Crippen LogP contribution < -0.4 is 5.32 Å². The van der Waals surface area contributed by atoms with Gasteiger partial charge in [-0.1, -0.05) is 37.2 Å². The summed E-state index contributed by atoms with van der Waals surface area (Å²) in [6.07, 6.45) is 1.57. The fraction of sp³-hybridized carbons (Fsp3) is 0.278. The minimum atomic E-state index is -0.580. The number of hydrogen-bond donors (Lipinski definition) is 1. The van der Waals surface area contributed by atoms with Gasteiger partial charge in [0.2, 0.25) is 5.91 Å².